The second kappa shape index (κ2) is 11.3. The lowest BCUT2D eigenvalue weighted by atomic mass is 9.94. The van der Waals surface area contributed by atoms with Crippen molar-refractivity contribution in [2.45, 2.75) is 31.5 Å². The van der Waals surface area contributed by atoms with E-state index in [0.717, 1.165) is 5.56 Å². The number of ether oxygens (including phenoxy) is 2. The van der Waals surface area contributed by atoms with Gasteiger partial charge in [-0.1, -0.05) is 23.9 Å². The molecular weight excluding hydrogens is 494 g/mol. The largest absolute Gasteiger partial charge is 0.497 e. The van der Waals surface area contributed by atoms with E-state index in [1.54, 1.807) is 36.1 Å². The van der Waals surface area contributed by atoms with Crippen LogP contribution in [0.5, 0.6) is 5.75 Å². The number of hydrogen-bond donors (Lipinski definition) is 2. The van der Waals surface area contributed by atoms with Crippen LogP contribution in [-0.4, -0.2) is 52.4 Å². The Balaban J connectivity index is 1.68. The standard InChI is InChI=1S/C26H27N5O5S/c1-15-22(24(34)28-19-10-8-17(9-11-19)16(2)32)23(18-6-5-7-20(14-18)35-3)31-25(27-15)29-26(30-31)37-13-12-21(33)36-4/h5-11,14,23H,12-13H2,1-4H3,(H,28,34)(H,27,29,30). The minimum atomic E-state index is -0.592. The molecule has 3 aromatic rings. The zero-order chi connectivity index (χ0) is 26.5. The molecule has 2 N–H and O–H groups in total. The fraction of sp³-hybridized carbons (Fsp3) is 0.269. The molecule has 0 fully saturated rings. The predicted octanol–water partition coefficient (Wildman–Crippen LogP) is 4.07. The Bertz CT molecular complexity index is 1370. The van der Waals surface area contributed by atoms with Gasteiger partial charge in [-0.15, -0.1) is 5.10 Å². The van der Waals surface area contributed by atoms with Crippen molar-refractivity contribution in [2.75, 3.05) is 30.6 Å². The highest BCUT2D eigenvalue weighted by atomic mass is 32.2. The highest BCUT2D eigenvalue weighted by Gasteiger charge is 2.34. The van der Waals surface area contributed by atoms with Crippen LogP contribution >= 0.6 is 11.8 Å². The Morgan fingerprint density at radius 2 is 1.89 bits per heavy atom. The van der Waals surface area contributed by atoms with Crippen molar-refractivity contribution in [2.24, 2.45) is 0 Å². The van der Waals surface area contributed by atoms with Crippen LogP contribution in [0.15, 0.2) is 65.0 Å². The van der Waals surface area contributed by atoms with Gasteiger partial charge in [-0.25, -0.2) is 4.68 Å². The number of rotatable bonds is 9. The maximum absolute atomic E-state index is 13.6. The third-order valence-corrected chi connectivity index (χ3v) is 6.64. The number of ketones is 1. The first kappa shape index (κ1) is 26.0. The predicted molar refractivity (Wildman–Crippen MR) is 140 cm³/mol. The normalized spacial score (nSPS) is 14.4. The molecule has 1 amide bonds. The lowest BCUT2D eigenvalue weighted by Crippen LogP contribution is -2.31. The number of aromatic nitrogens is 3. The number of fused-ring (bicyclic) bond motifs is 1. The van der Waals surface area contributed by atoms with Crippen LogP contribution in [0.2, 0.25) is 0 Å². The Hall–Kier alpha value is -4.12. The molecule has 1 atom stereocenters. The van der Waals surface area contributed by atoms with Crippen molar-refractivity contribution in [1.29, 1.82) is 0 Å². The van der Waals surface area contributed by atoms with Gasteiger partial charge in [-0.2, -0.15) is 4.98 Å². The van der Waals surface area contributed by atoms with Crippen LogP contribution in [0.1, 0.15) is 42.2 Å². The van der Waals surface area contributed by atoms with Gasteiger partial charge in [0.05, 0.1) is 26.2 Å². The van der Waals surface area contributed by atoms with E-state index < -0.39 is 6.04 Å². The molecule has 1 aromatic heterocycles. The topological polar surface area (TPSA) is 124 Å². The zero-order valence-corrected chi connectivity index (χ0v) is 21.7. The summed E-state index contributed by atoms with van der Waals surface area (Å²) in [6, 6.07) is 13.6. The van der Waals surface area contributed by atoms with E-state index in [-0.39, 0.29) is 24.1 Å². The second-order valence-corrected chi connectivity index (χ2v) is 9.33. The average molecular weight is 522 g/mol. The summed E-state index contributed by atoms with van der Waals surface area (Å²) >= 11 is 1.32. The monoisotopic (exact) mass is 521 g/mol. The van der Waals surface area contributed by atoms with E-state index >= 15 is 0 Å². The van der Waals surface area contributed by atoms with Gasteiger partial charge in [0.25, 0.3) is 5.91 Å². The van der Waals surface area contributed by atoms with Gasteiger partial charge < -0.3 is 20.1 Å². The molecule has 0 spiro atoms. The Kier molecular flexibility index (Phi) is 7.92. The quantitative estimate of drug-likeness (QED) is 0.243. The van der Waals surface area contributed by atoms with Gasteiger partial charge in [-0.3, -0.25) is 14.4 Å². The van der Waals surface area contributed by atoms with Gasteiger partial charge in [0, 0.05) is 22.7 Å². The molecule has 4 rings (SSSR count). The summed E-state index contributed by atoms with van der Waals surface area (Å²) in [5.41, 5.74) is 2.98. The number of benzene rings is 2. The molecule has 0 saturated carbocycles. The van der Waals surface area contributed by atoms with Crippen LogP contribution in [0.25, 0.3) is 0 Å². The Labute approximate surface area is 218 Å². The van der Waals surface area contributed by atoms with Gasteiger partial charge in [0.1, 0.15) is 11.8 Å². The number of hydrogen-bond acceptors (Lipinski definition) is 9. The number of nitrogens with one attached hydrogen (secondary N) is 2. The number of methoxy groups -OCH3 is 2. The van der Waals surface area contributed by atoms with Crippen LogP contribution in [0.4, 0.5) is 11.6 Å². The summed E-state index contributed by atoms with van der Waals surface area (Å²) in [7, 11) is 2.93. The summed E-state index contributed by atoms with van der Waals surface area (Å²) in [5.74, 6) is 0.891. The van der Waals surface area contributed by atoms with Crippen molar-refractivity contribution in [1.82, 2.24) is 14.8 Å². The molecule has 0 aliphatic carbocycles. The number of nitrogens with zero attached hydrogens (tertiary/aromatic N) is 3. The third kappa shape index (κ3) is 5.83. The fourth-order valence-electron chi connectivity index (χ4n) is 3.92. The molecule has 1 aliphatic rings. The minimum absolute atomic E-state index is 0.0510. The average Bonchev–Trinajstić information content (AvgIpc) is 3.29. The molecule has 0 bridgehead atoms. The number of allylic oxidation sites excluding steroid dienone is 1. The minimum Gasteiger partial charge on any atom is -0.497 e. The highest BCUT2D eigenvalue weighted by Crippen LogP contribution is 2.37. The second-order valence-electron chi connectivity index (χ2n) is 8.27. The van der Waals surface area contributed by atoms with Crippen LogP contribution in [0, 0.1) is 0 Å². The first-order valence-corrected chi connectivity index (χ1v) is 12.5. The molecule has 0 saturated heterocycles. The van der Waals surface area contributed by atoms with E-state index in [0.29, 0.717) is 45.1 Å². The number of Topliss-reactive ketones (excluding diaryl/α,β-unsaturated/α-hetero) is 1. The van der Waals surface area contributed by atoms with Gasteiger partial charge in [-0.05, 0) is 55.8 Å². The zero-order valence-electron chi connectivity index (χ0n) is 20.9. The van der Waals surface area contributed by atoms with E-state index in [2.05, 4.69) is 20.7 Å². The number of carbonyl (C=O) groups excluding carboxylic acids is 3. The molecule has 2 aromatic carbocycles. The van der Waals surface area contributed by atoms with Crippen LogP contribution in [0.3, 0.4) is 0 Å². The van der Waals surface area contributed by atoms with Crippen LogP contribution < -0.4 is 15.4 Å². The van der Waals surface area contributed by atoms with Crippen molar-refractivity contribution >= 4 is 41.1 Å². The molecule has 10 nitrogen and oxygen atoms in total. The van der Waals surface area contributed by atoms with Gasteiger partial charge in [0.2, 0.25) is 11.1 Å². The molecule has 11 heteroatoms. The van der Waals surface area contributed by atoms with Crippen molar-refractivity contribution < 1.29 is 23.9 Å². The van der Waals surface area contributed by atoms with Gasteiger partial charge in [0.15, 0.2) is 5.78 Å². The lowest BCUT2D eigenvalue weighted by molar-refractivity contribution is -0.140. The highest BCUT2D eigenvalue weighted by molar-refractivity contribution is 7.99. The number of amides is 1. The first-order chi connectivity index (χ1) is 17.8. The van der Waals surface area contributed by atoms with Crippen LogP contribution in [-0.2, 0) is 14.3 Å². The molecule has 1 aliphatic heterocycles. The number of anilines is 2. The molecule has 37 heavy (non-hydrogen) atoms. The van der Waals surface area contributed by atoms with Crippen molar-refractivity contribution in [3.63, 3.8) is 0 Å². The summed E-state index contributed by atoms with van der Waals surface area (Å²) in [5, 5.41) is 11.2. The summed E-state index contributed by atoms with van der Waals surface area (Å²) in [4.78, 5) is 41.3. The molecule has 1 unspecified atom stereocenters. The van der Waals surface area contributed by atoms with Crippen molar-refractivity contribution in [3.05, 3.63) is 70.9 Å². The maximum atomic E-state index is 13.6. The summed E-state index contributed by atoms with van der Waals surface area (Å²) < 4.78 is 11.8. The number of carbonyl (C=O) groups is 3. The first-order valence-electron chi connectivity index (χ1n) is 11.5. The summed E-state index contributed by atoms with van der Waals surface area (Å²) in [6.45, 7) is 3.30. The Morgan fingerprint density at radius 1 is 1.14 bits per heavy atom. The molecule has 192 valence electrons. The van der Waals surface area contributed by atoms with Gasteiger partial charge >= 0.3 is 5.97 Å². The number of thioether (sulfide) groups is 1. The smallest absolute Gasteiger partial charge is 0.306 e. The lowest BCUT2D eigenvalue weighted by Gasteiger charge is -2.28. The van der Waals surface area contributed by atoms with Crippen molar-refractivity contribution in [3.8, 4) is 5.75 Å². The molecular formula is C26H27N5O5S. The van der Waals surface area contributed by atoms with E-state index in [1.165, 1.54) is 25.8 Å². The summed E-state index contributed by atoms with van der Waals surface area (Å²) in [6.07, 6.45) is 0.227. The third-order valence-electron chi connectivity index (χ3n) is 5.80. The molecule has 2 heterocycles. The van der Waals surface area contributed by atoms with E-state index in [4.69, 9.17) is 9.47 Å². The molecule has 0 radical (unpaired) electrons. The maximum Gasteiger partial charge on any atom is 0.306 e. The van der Waals surface area contributed by atoms with E-state index in [9.17, 15) is 14.4 Å². The number of esters is 1. The van der Waals surface area contributed by atoms with E-state index in [1.807, 2.05) is 31.2 Å². The SMILES string of the molecule is COC(=O)CCSc1nc2n(n1)C(c1cccc(OC)c1)C(C(=O)Nc1ccc(C(C)=O)cc1)=C(C)N2. The fourth-order valence-corrected chi connectivity index (χ4v) is 4.67. The Morgan fingerprint density at radius 3 is 2.57 bits per heavy atom.